The third kappa shape index (κ3) is 3.11. The molecule has 100 valence electrons. The third-order valence-electron chi connectivity index (χ3n) is 3.61. The minimum Gasteiger partial charge on any atom is -0.467 e. The lowest BCUT2D eigenvalue weighted by atomic mass is 9.96. The van der Waals surface area contributed by atoms with Crippen molar-refractivity contribution in [1.29, 1.82) is 0 Å². The van der Waals surface area contributed by atoms with Gasteiger partial charge >= 0.3 is 0 Å². The molecule has 1 amide bonds. The molecule has 2 rings (SSSR count). The predicted molar refractivity (Wildman–Crippen MR) is 68.7 cm³/mol. The SMILES string of the molecule is CCC1CCCN(Cc2cc(C(=O)NN)co2)C1. The van der Waals surface area contributed by atoms with Crippen LogP contribution in [0.4, 0.5) is 0 Å². The molecule has 0 aliphatic carbocycles. The largest absolute Gasteiger partial charge is 0.467 e. The number of furan rings is 1. The zero-order valence-corrected chi connectivity index (χ0v) is 10.8. The number of nitrogens with two attached hydrogens (primary N) is 1. The van der Waals surface area contributed by atoms with E-state index < -0.39 is 0 Å². The Morgan fingerprint density at radius 2 is 2.50 bits per heavy atom. The summed E-state index contributed by atoms with van der Waals surface area (Å²) in [7, 11) is 0. The van der Waals surface area contributed by atoms with E-state index in [4.69, 9.17) is 10.3 Å². The second kappa shape index (κ2) is 6.02. The minimum absolute atomic E-state index is 0.310. The van der Waals surface area contributed by atoms with Crippen molar-refractivity contribution < 1.29 is 9.21 Å². The van der Waals surface area contributed by atoms with Gasteiger partial charge in [0.1, 0.15) is 12.0 Å². The number of hydrogen-bond acceptors (Lipinski definition) is 4. The summed E-state index contributed by atoms with van der Waals surface area (Å²) >= 11 is 0. The molecule has 1 atom stereocenters. The van der Waals surface area contributed by atoms with Crippen molar-refractivity contribution in [2.75, 3.05) is 13.1 Å². The molecular weight excluding hydrogens is 230 g/mol. The average Bonchev–Trinajstić information content (AvgIpc) is 2.86. The smallest absolute Gasteiger partial charge is 0.268 e. The van der Waals surface area contributed by atoms with E-state index in [1.165, 1.54) is 25.5 Å². The Hall–Kier alpha value is -1.33. The predicted octanol–water partition coefficient (Wildman–Crippen LogP) is 1.51. The zero-order chi connectivity index (χ0) is 13.0. The molecule has 5 heteroatoms. The number of nitrogen functional groups attached to an aromatic ring is 1. The summed E-state index contributed by atoms with van der Waals surface area (Å²) < 4.78 is 5.40. The van der Waals surface area contributed by atoms with Gasteiger partial charge in [0.15, 0.2) is 0 Å². The summed E-state index contributed by atoms with van der Waals surface area (Å²) in [5, 5.41) is 0. The van der Waals surface area contributed by atoms with Gasteiger partial charge in [-0.1, -0.05) is 13.3 Å². The van der Waals surface area contributed by atoms with Gasteiger partial charge in [-0.25, -0.2) is 5.84 Å². The first-order chi connectivity index (χ1) is 8.72. The van der Waals surface area contributed by atoms with Crippen LogP contribution in [0.3, 0.4) is 0 Å². The van der Waals surface area contributed by atoms with E-state index in [1.807, 2.05) is 0 Å². The molecule has 0 radical (unpaired) electrons. The molecule has 1 aliphatic rings. The minimum atomic E-state index is -0.310. The van der Waals surface area contributed by atoms with Crippen molar-refractivity contribution in [1.82, 2.24) is 10.3 Å². The van der Waals surface area contributed by atoms with E-state index in [0.717, 1.165) is 31.3 Å². The molecule has 1 aromatic rings. The van der Waals surface area contributed by atoms with Gasteiger partial charge in [-0.3, -0.25) is 15.1 Å². The fourth-order valence-corrected chi connectivity index (χ4v) is 2.51. The van der Waals surface area contributed by atoms with Gasteiger partial charge in [0.2, 0.25) is 0 Å². The monoisotopic (exact) mass is 251 g/mol. The first-order valence-corrected chi connectivity index (χ1v) is 6.53. The zero-order valence-electron chi connectivity index (χ0n) is 10.8. The highest BCUT2D eigenvalue weighted by molar-refractivity contribution is 5.93. The fourth-order valence-electron chi connectivity index (χ4n) is 2.51. The van der Waals surface area contributed by atoms with Gasteiger partial charge in [0, 0.05) is 6.54 Å². The van der Waals surface area contributed by atoms with Crippen molar-refractivity contribution >= 4 is 5.91 Å². The highest BCUT2D eigenvalue weighted by atomic mass is 16.3. The van der Waals surface area contributed by atoms with E-state index in [0.29, 0.717) is 5.56 Å². The normalized spacial score (nSPS) is 20.9. The number of hydrogen-bond donors (Lipinski definition) is 2. The molecule has 1 aromatic heterocycles. The number of nitrogens with one attached hydrogen (secondary N) is 1. The standard InChI is InChI=1S/C13H21N3O2/c1-2-10-4-3-5-16(7-10)8-12-6-11(9-18-12)13(17)15-14/h6,9-10H,2-5,7-8,14H2,1H3,(H,15,17). The van der Waals surface area contributed by atoms with Crippen LogP contribution in [0.1, 0.15) is 42.3 Å². The highest BCUT2D eigenvalue weighted by Crippen LogP contribution is 2.21. The van der Waals surface area contributed by atoms with Crippen LogP contribution >= 0.6 is 0 Å². The van der Waals surface area contributed by atoms with Crippen LogP contribution in [0.5, 0.6) is 0 Å². The lowest BCUT2D eigenvalue weighted by molar-refractivity contribution is 0.0953. The summed E-state index contributed by atoms with van der Waals surface area (Å²) in [6.07, 6.45) is 5.26. The van der Waals surface area contributed by atoms with Crippen LogP contribution in [0, 0.1) is 5.92 Å². The molecule has 1 unspecified atom stereocenters. The highest BCUT2D eigenvalue weighted by Gasteiger charge is 2.19. The number of carbonyl (C=O) groups excluding carboxylic acids is 1. The Bertz CT molecular complexity index is 403. The van der Waals surface area contributed by atoms with Crippen molar-refractivity contribution in [3.63, 3.8) is 0 Å². The molecule has 1 aliphatic heterocycles. The molecule has 5 nitrogen and oxygen atoms in total. The summed E-state index contributed by atoms with van der Waals surface area (Å²) in [6, 6.07) is 1.76. The second-order valence-electron chi connectivity index (χ2n) is 4.93. The van der Waals surface area contributed by atoms with Gasteiger partial charge in [0.25, 0.3) is 5.91 Å². The van der Waals surface area contributed by atoms with E-state index in [-0.39, 0.29) is 5.91 Å². The second-order valence-corrected chi connectivity index (χ2v) is 4.93. The molecule has 18 heavy (non-hydrogen) atoms. The number of carbonyl (C=O) groups is 1. The summed E-state index contributed by atoms with van der Waals surface area (Å²) in [5.74, 6) is 6.39. The van der Waals surface area contributed by atoms with Crippen LogP contribution in [0.25, 0.3) is 0 Å². The molecule has 0 bridgehead atoms. The summed E-state index contributed by atoms with van der Waals surface area (Å²) in [6.45, 7) is 5.24. The Kier molecular flexibility index (Phi) is 4.38. The number of piperidine rings is 1. The van der Waals surface area contributed by atoms with E-state index in [1.54, 1.807) is 6.07 Å². The maximum Gasteiger partial charge on any atom is 0.268 e. The molecular formula is C13H21N3O2. The summed E-state index contributed by atoms with van der Waals surface area (Å²) in [5.41, 5.74) is 2.58. The Morgan fingerprint density at radius 3 is 3.22 bits per heavy atom. The third-order valence-corrected chi connectivity index (χ3v) is 3.61. The molecule has 2 heterocycles. The van der Waals surface area contributed by atoms with E-state index in [9.17, 15) is 4.79 Å². The summed E-state index contributed by atoms with van der Waals surface area (Å²) in [4.78, 5) is 13.7. The Labute approximate surface area is 107 Å². The Morgan fingerprint density at radius 1 is 1.67 bits per heavy atom. The van der Waals surface area contributed by atoms with Gasteiger partial charge in [-0.15, -0.1) is 0 Å². The van der Waals surface area contributed by atoms with Gasteiger partial charge < -0.3 is 4.42 Å². The Balaban J connectivity index is 1.92. The molecule has 0 aromatic carbocycles. The maximum atomic E-state index is 11.3. The molecule has 0 saturated carbocycles. The number of nitrogens with zero attached hydrogens (tertiary/aromatic N) is 1. The first-order valence-electron chi connectivity index (χ1n) is 6.53. The molecule has 1 fully saturated rings. The molecule has 3 N–H and O–H groups in total. The topological polar surface area (TPSA) is 71.5 Å². The lowest BCUT2D eigenvalue weighted by Gasteiger charge is -2.31. The van der Waals surface area contributed by atoms with Crippen molar-refractivity contribution in [3.05, 3.63) is 23.7 Å². The van der Waals surface area contributed by atoms with E-state index in [2.05, 4.69) is 17.2 Å². The van der Waals surface area contributed by atoms with Crippen molar-refractivity contribution in [2.45, 2.75) is 32.7 Å². The van der Waals surface area contributed by atoms with E-state index >= 15 is 0 Å². The molecule has 1 saturated heterocycles. The van der Waals surface area contributed by atoms with Crippen LogP contribution in [0.2, 0.25) is 0 Å². The van der Waals surface area contributed by atoms with Gasteiger partial charge in [-0.05, 0) is 31.4 Å². The number of hydrazine groups is 1. The number of likely N-dealkylation sites (tertiary alicyclic amines) is 1. The first kappa shape index (κ1) is 13.1. The maximum absolute atomic E-state index is 11.3. The quantitative estimate of drug-likeness (QED) is 0.483. The van der Waals surface area contributed by atoms with Crippen LogP contribution in [-0.2, 0) is 6.54 Å². The van der Waals surface area contributed by atoms with Crippen LogP contribution in [-0.4, -0.2) is 23.9 Å². The number of amides is 1. The van der Waals surface area contributed by atoms with Crippen molar-refractivity contribution in [2.24, 2.45) is 11.8 Å². The number of rotatable bonds is 4. The molecule has 0 spiro atoms. The fraction of sp³-hybridized carbons (Fsp3) is 0.615. The lowest BCUT2D eigenvalue weighted by Crippen LogP contribution is -2.34. The van der Waals surface area contributed by atoms with Crippen LogP contribution < -0.4 is 11.3 Å². The average molecular weight is 251 g/mol. The van der Waals surface area contributed by atoms with Crippen molar-refractivity contribution in [3.8, 4) is 0 Å². The van der Waals surface area contributed by atoms with Gasteiger partial charge in [0.05, 0.1) is 12.1 Å². The van der Waals surface area contributed by atoms with Gasteiger partial charge in [-0.2, -0.15) is 0 Å². The van der Waals surface area contributed by atoms with Crippen LogP contribution in [0.15, 0.2) is 16.7 Å².